The fourth-order valence-corrected chi connectivity index (χ4v) is 2.26. The van der Waals surface area contributed by atoms with Gasteiger partial charge in [0.15, 0.2) is 5.78 Å². The van der Waals surface area contributed by atoms with Gasteiger partial charge in [-0.15, -0.1) is 0 Å². The van der Waals surface area contributed by atoms with Gasteiger partial charge in [-0.25, -0.2) is 4.98 Å². The molecule has 3 aromatic rings. The quantitative estimate of drug-likeness (QED) is 0.689. The standard InChI is InChI=1S/C17H14N2O2/c20-16(13-6-2-1-3-7-13)10-11-19-12-18-15-9-5-4-8-14(15)17(19)21/h1-9,12H,10-11H2. The van der Waals surface area contributed by atoms with Crippen LogP contribution in [0, 0.1) is 0 Å². The van der Waals surface area contributed by atoms with Crippen LogP contribution in [0.2, 0.25) is 0 Å². The van der Waals surface area contributed by atoms with Crippen molar-refractivity contribution in [1.29, 1.82) is 0 Å². The van der Waals surface area contributed by atoms with Gasteiger partial charge in [0, 0.05) is 18.5 Å². The monoisotopic (exact) mass is 278 g/mol. The third-order valence-corrected chi connectivity index (χ3v) is 3.41. The Kier molecular flexibility index (Phi) is 3.60. The van der Waals surface area contributed by atoms with E-state index in [9.17, 15) is 9.59 Å². The average Bonchev–Trinajstić information content (AvgIpc) is 2.55. The summed E-state index contributed by atoms with van der Waals surface area (Å²) in [7, 11) is 0. The number of para-hydroxylation sites is 1. The van der Waals surface area contributed by atoms with Gasteiger partial charge in [0.25, 0.3) is 5.56 Å². The molecule has 0 saturated heterocycles. The molecule has 3 rings (SSSR count). The van der Waals surface area contributed by atoms with Gasteiger partial charge >= 0.3 is 0 Å². The number of fused-ring (bicyclic) bond motifs is 1. The molecule has 0 unspecified atom stereocenters. The topological polar surface area (TPSA) is 52.0 Å². The number of nitrogens with zero attached hydrogens (tertiary/aromatic N) is 2. The molecule has 0 atom stereocenters. The first-order chi connectivity index (χ1) is 10.3. The maximum atomic E-state index is 12.3. The summed E-state index contributed by atoms with van der Waals surface area (Å²) in [5.74, 6) is 0.0238. The Labute approximate surface area is 121 Å². The van der Waals surface area contributed by atoms with Crippen LogP contribution in [-0.2, 0) is 6.54 Å². The van der Waals surface area contributed by atoms with Gasteiger partial charge in [0.05, 0.1) is 17.2 Å². The van der Waals surface area contributed by atoms with Crippen molar-refractivity contribution in [2.24, 2.45) is 0 Å². The third kappa shape index (κ3) is 2.74. The molecule has 0 spiro atoms. The van der Waals surface area contributed by atoms with Crippen LogP contribution in [0.15, 0.2) is 65.7 Å². The molecule has 0 bridgehead atoms. The molecule has 0 fully saturated rings. The number of hydrogen-bond acceptors (Lipinski definition) is 3. The number of rotatable bonds is 4. The van der Waals surface area contributed by atoms with Crippen LogP contribution in [0.5, 0.6) is 0 Å². The number of Topliss-reactive ketones (excluding diaryl/α,β-unsaturated/α-hetero) is 1. The number of aromatic nitrogens is 2. The maximum Gasteiger partial charge on any atom is 0.261 e. The van der Waals surface area contributed by atoms with E-state index in [1.54, 1.807) is 24.3 Å². The fraction of sp³-hybridized carbons (Fsp3) is 0.118. The molecule has 4 heteroatoms. The lowest BCUT2D eigenvalue weighted by Gasteiger charge is -2.06. The van der Waals surface area contributed by atoms with Crippen molar-refractivity contribution in [3.05, 3.63) is 76.8 Å². The summed E-state index contributed by atoms with van der Waals surface area (Å²) in [5.41, 5.74) is 1.23. The van der Waals surface area contributed by atoms with E-state index in [4.69, 9.17) is 0 Å². The number of hydrogen-bond donors (Lipinski definition) is 0. The SMILES string of the molecule is O=C(CCn1cnc2ccccc2c1=O)c1ccccc1. The van der Waals surface area contributed by atoms with E-state index in [1.165, 1.54) is 10.9 Å². The summed E-state index contributed by atoms with van der Waals surface area (Å²) in [4.78, 5) is 28.6. The van der Waals surface area contributed by atoms with E-state index in [0.29, 0.717) is 23.0 Å². The number of benzene rings is 2. The fourth-order valence-electron chi connectivity index (χ4n) is 2.26. The van der Waals surface area contributed by atoms with Crippen molar-refractivity contribution in [3.8, 4) is 0 Å². The Morgan fingerprint density at radius 2 is 1.71 bits per heavy atom. The molecule has 0 aliphatic carbocycles. The Balaban J connectivity index is 1.81. The number of aryl methyl sites for hydroxylation is 1. The molecule has 0 radical (unpaired) electrons. The zero-order valence-corrected chi connectivity index (χ0v) is 11.4. The van der Waals surface area contributed by atoms with Crippen molar-refractivity contribution in [2.75, 3.05) is 0 Å². The predicted octanol–water partition coefficient (Wildman–Crippen LogP) is 2.67. The molecule has 0 N–H and O–H groups in total. The molecule has 4 nitrogen and oxygen atoms in total. The third-order valence-electron chi connectivity index (χ3n) is 3.41. The Bertz CT molecular complexity index is 838. The highest BCUT2D eigenvalue weighted by Gasteiger charge is 2.07. The minimum atomic E-state index is -0.110. The molecule has 104 valence electrons. The second-order valence-electron chi connectivity index (χ2n) is 4.80. The van der Waals surface area contributed by atoms with E-state index in [-0.39, 0.29) is 17.8 Å². The number of ketones is 1. The van der Waals surface area contributed by atoms with Gasteiger partial charge in [0.2, 0.25) is 0 Å². The van der Waals surface area contributed by atoms with Gasteiger partial charge in [-0.1, -0.05) is 42.5 Å². The lowest BCUT2D eigenvalue weighted by Crippen LogP contribution is -2.22. The van der Waals surface area contributed by atoms with Crippen LogP contribution in [0.1, 0.15) is 16.8 Å². The van der Waals surface area contributed by atoms with Gasteiger partial charge in [0.1, 0.15) is 0 Å². The second-order valence-corrected chi connectivity index (χ2v) is 4.80. The second kappa shape index (κ2) is 5.71. The highest BCUT2D eigenvalue weighted by atomic mass is 16.1. The van der Waals surface area contributed by atoms with Gasteiger partial charge in [-0.3, -0.25) is 14.2 Å². The van der Waals surface area contributed by atoms with Crippen molar-refractivity contribution in [2.45, 2.75) is 13.0 Å². The minimum Gasteiger partial charge on any atom is -0.298 e. The molecule has 21 heavy (non-hydrogen) atoms. The summed E-state index contributed by atoms with van der Waals surface area (Å²) in [6.45, 7) is 0.338. The predicted molar refractivity (Wildman–Crippen MR) is 81.4 cm³/mol. The molecular weight excluding hydrogens is 264 g/mol. The normalized spacial score (nSPS) is 10.7. The summed E-state index contributed by atoms with van der Waals surface area (Å²) in [6, 6.07) is 16.3. The van der Waals surface area contributed by atoms with E-state index in [0.717, 1.165) is 0 Å². The molecule has 2 aromatic carbocycles. The van der Waals surface area contributed by atoms with E-state index in [2.05, 4.69) is 4.98 Å². The van der Waals surface area contributed by atoms with Gasteiger partial charge in [-0.2, -0.15) is 0 Å². The van der Waals surface area contributed by atoms with Crippen LogP contribution in [-0.4, -0.2) is 15.3 Å². The summed E-state index contributed by atoms with van der Waals surface area (Å²) >= 11 is 0. The molecular formula is C17H14N2O2. The van der Waals surface area contributed by atoms with Crippen molar-refractivity contribution in [1.82, 2.24) is 9.55 Å². The van der Waals surface area contributed by atoms with Gasteiger partial charge < -0.3 is 0 Å². The number of carbonyl (C=O) groups is 1. The Morgan fingerprint density at radius 3 is 2.52 bits per heavy atom. The Hall–Kier alpha value is -2.75. The smallest absolute Gasteiger partial charge is 0.261 e. The first-order valence-corrected chi connectivity index (χ1v) is 6.78. The van der Waals surface area contributed by atoms with Crippen molar-refractivity contribution >= 4 is 16.7 Å². The van der Waals surface area contributed by atoms with Crippen LogP contribution in [0.25, 0.3) is 10.9 Å². The van der Waals surface area contributed by atoms with E-state index in [1.807, 2.05) is 30.3 Å². The van der Waals surface area contributed by atoms with E-state index < -0.39 is 0 Å². The minimum absolute atomic E-state index is 0.0238. The Morgan fingerprint density at radius 1 is 1.00 bits per heavy atom. The van der Waals surface area contributed by atoms with Crippen molar-refractivity contribution < 1.29 is 4.79 Å². The number of carbonyl (C=O) groups excluding carboxylic acids is 1. The summed E-state index contributed by atoms with van der Waals surface area (Å²) in [6.07, 6.45) is 1.78. The summed E-state index contributed by atoms with van der Waals surface area (Å²) in [5, 5.41) is 0.576. The first kappa shape index (κ1) is 13.2. The molecule has 1 heterocycles. The molecule has 0 saturated carbocycles. The largest absolute Gasteiger partial charge is 0.298 e. The first-order valence-electron chi connectivity index (χ1n) is 6.78. The lowest BCUT2D eigenvalue weighted by molar-refractivity contribution is 0.0976. The lowest BCUT2D eigenvalue weighted by atomic mass is 10.1. The molecule has 0 amide bonds. The van der Waals surface area contributed by atoms with Gasteiger partial charge in [-0.05, 0) is 12.1 Å². The highest BCUT2D eigenvalue weighted by molar-refractivity contribution is 5.95. The van der Waals surface area contributed by atoms with Crippen LogP contribution >= 0.6 is 0 Å². The molecule has 1 aromatic heterocycles. The molecule has 0 aliphatic rings. The van der Waals surface area contributed by atoms with Crippen molar-refractivity contribution in [3.63, 3.8) is 0 Å². The van der Waals surface area contributed by atoms with E-state index >= 15 is 0 Å². The average molecular weight is 278 g/mol. The van der Waals surface area contributed by atoms with Crippen LogP contribution in [0.4, 0.5) is 0 Å². The summed E-state index contributed by atoms with van der Waals surface area (Å²) < 4.78 is 1.49. The maximum absolute atomic E-state index is 12.3. The zero-order chi connectivity index (χ0) is 14.7. The zero-order valence-electron chi connectivity index (χ0n) is 11.4. The van der Waals surface area contributed by atoms with Crippen LogP contribution < -0.4 is 5.56 Å². The molecule has 0 aliphatic heterocycles. The van der Waals surface area contributed by atoms with Crippen LogP contribution in [0.3, 0.4) is 0 Å². The highest BCUT2D eigenvalue weighted by Crippen LogP contribution is 2.06.